The summed E-state index contributed by atoms with van der Waals surface area (Å²) in [6.45, 7) is 4.75. The zero-order valence-electron chi connectivity index (χ0n) is 19.1. The Morgan fingerprint density at radius 3 is 2.59 bits per heavy atom. The molecule has 1 fully saturated rings. The van der Waals surface area contributed by atoms with Crippen LogP contribution in [0.4, 0.5) is 0 Å². The number of H-pyrrole nitrogens is 1. The van der Waals surface area contributed by atoms with Crippen LogP contribution in [0.5, 0.6) is 0 Å². The van der Waals surface area contributed by atoms with Crippen LogP contribution in [0.2, 0.25) is 0 Å². The van der Waals surface area contributed by atoms with Gasteiger partial charge >= 0.3 is 0 Å². The summed E-state index contributed by atoms with van der Waals surface area (Å²) in [6, 6.07) is 18.5. The van der Waals surface area contributed by atoms with E-state index in [4.69, 9.17) is 4.99 Å². The third-order valence-electron chi connectivity index (χ3n) is 6.63. The number of ketones is 2. The van der Waals surface area contributed by atoms with Crippen LogP contribution in [-0.2, 0) is 16.0 Å². The van der Waals surface area contributed by atoms with Crippen LogP contribution in [0.3, 0.4) is 0 Å². The van der Waals surface area contributed by atoms with Gasteiger partial charge in [-0.2, -0.15) is 0 Å². The number of carbonyl (C=O) groups excluding carboxylic acids is 2. The van der Waals surface area contributed by atoms with E-state index in [1.165, 1.54) is 10.9 Å². The zero-order valence-corrected chi connectivity index (χ0v) is 19.1. The molecule has 3 aromatic rings. The number of hydrogen-bond donors (Lipinski definition) is 1. The number of nitrogens with zero attached hydrogens (tertiary/aromatic N) is 1. The molecule has 166 valence electrons. The van der Waals surface area contributed by atoms with Crippen molar-refractivity contribution in [1.82, 2.24) is 4.98 Å². The number of para-hydroxylation sites is 1. The van der Waals surface area contributed by atoms with Gasteiger partial charge in [-0.1, -0.05) is 61.9 Å². The molecule has 0 bridgehead atoms. The molecule has 1 aliphatic rings. The lowest BCUT2D eigenvalue weighted by Crippen LogP contribution is -2.38. The van der Waals surface area contributed by atoms with Gasteiger partial charge in [-0.25, -0.2) is 0 Å². The Kier molecular flexibility index (Phi) is 6.99. The smallest absolute Gasteiger partial charge is 0.149 e. The summed E-state index contributed by atoms with van der Waals surface area (Å²) in [4.78, 5) is 34.4. The van der Waals surface area contributed by atoms with E-state index in [2.05, 4.69) is 49.2 Å². The molecule has 0 unspecified atom stereocenters. The van der Waals surface area contributed by atoms with Crippen molar-refractivity contribution in [2.75, 3.05) is 6.54 Å². The fourth-order valence-electron chi connectivity index (χ4n) is 4.93. The van der Waals surface area contributed by atoms with E-state index >= 15 is 0 Å². The fraction of sp³-hybridized carbons (Fsp3) is 0.393. The van der Waals surface area contributed by atoms with Crippen LogP contribution in [0.25, 0.3) is 10.9 Å². The summed E-state index contributed by atoms with van der Waals surface area (Å²) in [7, 11) is 0. The van der Waals surface area contributed by atoms with Gasteiger partial charge in [0.2, 0.25) is 0 Å². The predicted octanol–water partition coefficient (Wildman–Crippen LogP) is 5.98. The van der Waals surface area contributed by atoms with E-state index in [9.17, 15) is 9.59 Å². The maximum atomic E-state index is 13.1. The van der Waals surface area contributed by atoms with Crippen molar-refractivity contribution in [3.63, 3.8) is 0 Å². The third kappa shape index (κ3) is 4.74. The van der Waals surface area contributed by atoms with Gasteiger partial charge in [-0.3, -0.25) is 14.6 Å². The van der Waals surface area contributed by atoms with E-state index in [1.54, 1.807) is 0 Å². The van der Waals surface area contributed by atoms with Crippen molar-refractivity contribution in [2.45, 2.75) is 58.3 Å². The van der Waals surface area contributed by atoms with Crippen molar-refractivity contribution < 1.29 is 9.59 Å². The molecule has 1 aliphatic carbocycles. The highest BCUT2D eigenvalue weighted by Gasteiger charge is 2.38. The average Bonchev–Trinajstić information content (AvgIpc) is 3.13. The summed E-state index contributed by atoms with van der Waals surface area (Å²) in [6.07, 6.45) is 4.14. The van der Waals surface area contributed by atoms with E-state index in [1.807, 2.05) is 24.3 Å². The molecule has 1 N–H and O–H groups in total. The van der Waals surface area contributed by atoms with Crippen molar-refractivity contribution in [1.29, 1.82) is 0 Å². The van der Waals surface area contributed by atoms with Crippen LogP contribution in [-0.4, -0.2) is 28.8 Å². The standard InChI is InChI=1S/C28H32N2O2/c1-3-4-14-26(31)28-25(17-21(18-27(28)32)20-10-6-5-7-11-20)29-16-15-22-19(2)30-24-13-9-8-12-23(22)24/h5-13,21,28,30H,3-4,14-18H2,1-2H3/t21-,28+/m1/s1. The molecule has 4 heteroatoms. The van der Waals surface area contributed by atoms with E-state index in [0.29, 0.717) is 25.8 Å². The third-order valence-corrected chi connectivity index (χ3v) is 6.63. The van der Waals surface area contributed by atoms with Gasteiger partial charge in [0.1, 0.15) is 17.5 Å². The van der Waals surface area contributed by atoms with E-state index in [-0.39, 0.29) is 17.5 Å². The Hall–Kier alpha value is -3.01. The minimum atomic E-state index is -0.648. The minimum absolute atomic E-state index is 0.0354. The summed E-state index contributed by atoms with van der Waals surface area (Å²) in [5.41, 5.74) is 5.50. The molecule has 0 spiro atoms. The number of unbranched alkanes of at least 4 members (excludes halogenated alkanes) is 1. The topological polar surface area (TPSA) is 62.3 Å². The normalized spacial score (nSPS) is 20.2. The second-order valence-corrected chi connectivity index (χ2v) is 8.88. The SMILES string of the molecule is CCCCC(=O)[C@H]1C(=O)C[C@H](c2ccccc2)CC1=NCCc1c(C)[nH]c2ccccc12. The highest BCUT2D eigenvalue weighted by molar-refractivity contribution is 6.22. The molecule has 2 atom stereocenters. The van der Waals surface area contributed by atoms with Gasteiger partial charge < -0.3 is 4.98 Å². The summed E-state index contributed by atoms with van der Waals surface area (Å²) < 4.78 is 0. The summed E-state index contributed by atoms with van der Waals surface area (Å²) >= 11 is 0. The van der Waals surface area contributed by atoms with Gasteiger partial charge in [0, 0.05) is 41.7 Å². The Bertz CT molecular complexity index is 1130. The van der Waals surface area contributed by atoms with E-state index in [0.717, 1.165) is 41.7 Å². The monoisotopic (exact) mass is 428 g/mol. The van der Waals surface area contributed by atoms with Crippen molar-refractivity contribution in [3.8, 4) is 0 Å². The first kappa shape index (κ1) is 22.2. The Morgan fingerprint density at radius 2 is 1.81 bits per heavy atom. The van der Waals surface area contributed by atoms with Crippen LogP contribution >= 0.6 is 0 Å². The number of aliphatic imine (C=N–C) groups is 1. The second kappa shape index (κ2) is 10.1. The number of Topliss-reactive ketones (excluding diaryl/α,β-unsaturated/α-hetero) is 2. The van der Waals surface area contributed by atoms with Crippen LogP contribution in [0.1, 0.15) is 61.8 Å². The molecule has 4 rings (SSSR count). The molecule has 0 aliphatic heterocycles. The molecule has 1 heterocycles. The first-order valence-corrected chi connectivity index (χ1v) is 11.8. The van der Waals surface area contributed by atoms with Crippen molar-refractivity contribution in [3.05, 3.63) is 71.4 Å². The molecule has 0 amide bonds. The molecule has 4 nitrogen and oxygen atoms in total. The molecule has 2 aromatic carbocycles. The van der Waals surface area contributed by atoms with Crippen LogP contribution in [0.15, 0.2) is 59.6 Å². The number of fused-ring (bicyclic) bond motifs is 1. The van der Waals surface area contributed by atoms with Gasteiger partial charge in [0.25, 0.3) is 0 Å². The first-order chi connectivity index (χ1) is 15.6. The molecule has 0 radical (unpaired) electrons. The molecule has 32 heavy (non-hydrogen) atoms. The first-order valence-electron chi connectivity index (χ1n) is 11.8. The van der Waals surface area contributed by atoms with Gasteiger partial charge in [0.05, 0.1) is 0 Å². The zero-order chi connectivity index (χ0) is 22.5. The quantitative estimate of drug-likeness (QED) is 0.449. The largest absolute Gasteiger partial charge is 0.358 e. The van der Waals surface area contributed by atoms with Crippen molar-refractivity contribution in [2.24, 2.45) is 10.9 Å². The van der Waals surface area contributed by atoms with Crippen LogP contribution in [0, 0.1) is 12.8 Å². The number of carbonyl (C=O) groups is 2. The number of rotatable bonds is 8. The number of aryl methyl sites for hydroxylation is 1. The Morgan fingerprint density at radius 1 is 1.06 bits per heavy atom. The number of benzene rings is 2. The lowest BCUT2D eigenvalue weighted by atomic mass is 9.74. The lowest BCUT2D eigenvalue weighted by molar-refractivity contribution is -0.130. The van der Waals surface area contributed by atoms with Crippen molar-refractivity contribution >= 4 is 28.2 Å². The number of nitrogens with one attached hydrogen (secondary N) is 1. The average molecular weight is 429 g/mol. The van der Waals surface area contributed by atoms with Gasteiger partial charge in [0.15, 0.2) is 0 Å². The fourth-order valence-corrected chi connectivity index (χ4v) is 4.93. The number of hydrogen-bond acceptors (Lipinski definition) is 3. The lowest BCUT2D eigenvalue weighted by Gasteiger charge is -2.29. The second-order valence-electron chi connectivity index (χ2n) is 8.88. The van der Waals surface area contributed by atoms with Gasteiger partial charge in [-0.15, -0.1) is 0 Å². The van der Waals surface area contributed by atoms with E-state index < -0.39 is 5.92 Å². The highest BCUT2D eigenvalue weighted by atomic mass is 16.2. The predicted molar refractivity (Wildman–Crippen MR) is 130 cm³/mol. The minimum Gasteiger partial charge on any atom is -0.358 e. The molecule has 1 saturated carbocycles. The van der Waals surface area contributed by atoms with Gasteiger partial charge in [-0.05, 0) is 49.3 Å². The van der Waals surface area contributed by atoms with Crippen LogP contribution < -0.4 is 0 Å². The maximum Gasteiger partial charge on any atom is 0.149 e. The Balaban J connectivity index is 1.58. The molecular formula is C28H32N2O2. The number of aromatic nitrogens is 1. The Labute approximate surface area is 190 Å². The number of aromatic amines is 1. The maximum absolute atomic E-state index is 13.1. The summed E-state index contributed by atoms with van der Waals surface area (Å²) in [5.74, 6) is -0.461. The molecule has 1 aromatic heterocycles. The molecule has 0 saturated heterocycles. The summed E-state index contributed by atoms with van der Waals surface area (Å²) in [5, 5.41) is 1.22. The highest BCUT2D eigenvalue weighted by Crippen LogP contribution is 2.33. The molecular weight excluding hydrogens is 396 g/mol.